The maximum atomic E-state index is 12.2. The summed E-state index contributed by atoms with van der Waals surface area (Å²) in [5, 5.41) is 0. The van der Waals surface area contributed by atoms with E-state index in [0.29, 0.717) is 26.2 Å². The monoisotopic (exact) mass is 354 g/mol. The molecule has 0 aliphatic carbocycles. The van der Waals surface area contributed by atoms with E-state index in [9.17, 15) is 9.59 Å². The second kappa shape index (κ2) is 8.42. The fraction of sp³-hybridized carbons (Fsp3) is 0.368. The molecule has 2 heterocycles. The van der Waals surface area contributed by atoms with Crippen LogP contribution in [-0.2, 0) is 14.3 Å². The summed E-state index contributed by atoms with van der Waals surface area (Å²) in [4.78, 5) is 36.0. The first-order valence-corrected chi connectivity index (χ1v) is 8.64. The van der Waals surface area contributed by atoms with Crippen molar-refractivity contribution in [1.29, 1.82) is 0 Å². The fourth-order valence-electron chi connectivity index (χ4n) is 2.94. The Bertz CT molecular complexity index is 758. The zero-order valence-corrected chi connectivity index (χ0v) is 14.8. The third-order valence-electron chi connectivity index (χ3n) is 4.45. The number of methoxy groups -OCH3 is 1. The van der Waals surface area contributed by atoms with Gasteiger partial charge in [-0.25, -0.2) is 9.97 Å². The molecule has 1 aliphatic heterocycles. The molecule has 26 heavy (non-hydrogen) atoms. The van der Waals surface area contributed by atoms with Crippen LogP contribution >= 0.6 is 0 Å². The van der Waals surface area contributed by atoms with Crippen LogP contribution in [0.3, 0.4) is 0 Å². The van der Waals surface area contributed by atoms with Crippen molar-refractivity contribution in [2.45, 2.75) is 12.8 Å². The predicted octanol–water partition coefficient (Wildman–Crippen LogP) is 1.75. The minimum absolute atomic E-state index is 0.0114. The van der Waals surface area contributed by atoms with Gasteiger partial charge in [0, 0.05) is 44.2 Å². The van der Waals surface area contributed by atoms with E-state index in [1.54, 1.807) is 11.2 Å². The number of amides is 1. The topological polar surface area (TPSA) is 75.6 Å². The highest BCUT2D eigenvalue weighted by Gasteiger charge is 2.22. The van der Waals surface area contributed by atoms with Gasteiger partial charge in [0.25, 0.3) is 0 Å². The first kappa shape index (κ1) is 17.8. The number of nitrogens with zero attached hydrogens (tertiary/aromatic N) is 4. The summed E-state index contributed by atoms with van der Waals surface area (Å²) >= 11 is 0. The van der Waals surface area contributed by atoms with Crippen LogP contribution in [-0.4, -0.2) is 60.0 Å². The van der Waals surface area contributed by atoms with Crippen molar-refractivity contribution in [1.82, 2.24) is 14.9 Å². The van der Waals surface area contributed by atoms with Crippen molar-refractivity contribution in [3.63, 3.8) is 0 Å². The Morgan fingerprint density at radius 3 is 2.46 bits per heavy atom. The van der Waals surface area contributed by atoms with Crippen LogP contribution < -0.4 is 4.90 Å². The highest BCUT2D eigenvalue weighted by atomic mass is 16.5. The average molecular weight is 354 g/mol. The Hall–Kier alpha value is -2.96. The van der Waals surface area contributed by atoms with Crippen molar-refractivity contribution >= 4 is 17.7 Å². The van der Waals surface area contributed by atoms with Gasteiger partial charge < -0.3 is 14.5 Å². The molecule has 0 bridgehead atoms. The van der Waals surface area contributed by atoms with E-state index < -0.39 is 0 Å². The molecule has 1 aromatic carbocycles. The summed E-state index contributed by atoms with van der Waals surface area (Å²) in [5.41, 5.74) is 1.93. The lowest BCUT2D eigenvalue weighted by atomic mass is 10.1. The molecule has 0 atom stereocenters. The number of carbonyl (C=O) groups is 2. The molecule has 7 nitrogen and oxygen atoms in total. The Morgan fingerprint density at radius 2 is 1.77 bits per heavy atom. The minimum Gasteiger partial charge on any atom is -0.469 e. The van der Waals surface area contributed by atoms with Gasteiger partial charge >= 0.3 is 5.97 Å². The van der Waals surface area contributed by atoms with Crippen LogP contribution in [0.2, 0.25) is 0 Å². The van der Waals surface area contributed by atoms with Gasteiger partial charge in [-0.1, -0.05) is 30.3 Å². The fourth-order valence-corrected chi connectivity index (χ4v) is 2.94. The van der Waals surface area contributed by atoms with Gasteiger partial charge in [-0.15, -0.1) is 0 Å². The standard InChI is InChI=1S/C19H22N4O3/c1-26-19(25)8-7-18(24)23-11-9-22(10-12-23)17-13-16(20-14-21-17)15-5-3-2-4-6-15/h2-6,13-14H,7-12H2,1H3. The van der Waals surface area contributed by atoms with Crippen molar-refractivity contribution in [3.05, 3.63) is 42.7 Å². The van der Waals surface area contributed by atoms with Gasteiger partial charge in [0.1, 0.15) is 12.1 Å². The first-order chi connectivity index (χ1) is 12.7. The molecule has 1 saturated heterocycles. The van der Waals surface area contributed by atoms with Crippen LogP contribution in [0.25, 0.3) is 11.3 Å². The number of hydrogen-bond donors (Lipinski definition) is 0. The normalized spacial score (nSPS) is 14.2. The third kappa shape index (κ3) is 4.36. The van der Waals surface area contributed by atoms with Crippen LogP contribution in [0, 0.1) is 0 Å². The molecule has 3 rings (SSSR count). The molecule has 0 saturated carbocycles. The van der Waals surface area contributed by atoms with E-state index in [-0.39, 0.29) is 24.7 Å². The number of carbonyl (C=O) groups excluding carboxylic acids is 2. The third-order valence-corrected chi connectivity index (χ3v) is 4.45. The van der Waals surface area contributed by atoms with E-state index >= 15 is 0 Å². The predicted molar refractivity (Wildman–Crippen MR) is 97.5 cm³/mol. The molecule has 136 valence electrons. The highest BCUT2D eigenvalue weighted by Crippen LogP contribution is 2.21. The van der Waals surface area contributed by atoms with Crippen molar-refractivity contribution < 1.29 is 14.3 Å². The number of hydrogen-bond acceptors (Lipinski definition) is 6. The van der Waals surface area contributed by atoms with Gasteiger partial charge in [-0.3, -0.25) is 9.59 Å². The second-order valence-corrected chi connectivity index (χ2v) is 6.07. The summed E-state index contributed by atoms with van der Waals surface area (Å²) in [7, 11) is 1.33. The zero-order valence-electron chi connectivity index (χ0n) is 14.8. The molecule has 1 aliphatic rings. The largest absolute Gasteiger partial charge is 0.469 e. The molecular weight excluding hydrogens is 332 g/mol. The van der Waals surface area contributed by atoms with Crippen molar-refractivity contribution in [2.75, 3.05) is 38.2 Å². The van der Waals surface area contributed by atoms with Gasteiger partial charge in [0.15, 0.2) is 0 Å². The second-order valence-electron chi connectivity index (χ2n) is 6.07. The van der Waals surface area contributed by atoms with Crippen LogP contribution in [0.4, 0.5) is 5.82 Å². The SMILES string of the molecule is COC(=O)CCC(=O)N1CCN(c2cc(-c3ccccc3)ncn2)CC1. The Balaban J connectivity index is 1.58. The number of anilines is 1. The quantitative estimate of drug-likeness (QED) is 0.762. The van der Waals surface area contributed by atoms with E-state index in [2.05, 4.69) is 19.6 Å². The van der Waals surface area contributed by atoms with Crippen LogP contribution in [0.15, 0.2) is 42.7 Å². The van der Waals surface area contributed by atoms with Crippen molar-refractivity contribution in [2.24, 2.45) is 0 Å². The molecule has 1 amide bonds. The number of esters is 1. The molecule has 1 aromatic heterocycles. The molecule has 0 unspecified atom stereocenters. The smallest absolute Gasteiger partial charge is 0.306 e. The van der Waals surface area contributed by atoms with Gasteiger partial charge in [-0.2, -0.15) is 0 Å². The number of aromatic nitrogens is 2. The van der Waals surface area contributed by atoms with E-state index in [4.69, 9.17) is 0 Å². The van der Waals surface area contributed by atoms with E-state index in [1.165, 1.54) is 7.11 Å². The molecule has 7 heteroatoms. The van der Waals surface area contributed by atoms with Crippen molar-refractivity contribution in [3.8, 4) is 11.3 Å². The first-order valence-electron chi connectivity index (χ1n) is 8.64. The Kier molecular flexibility index (Phi) is 5.78. The lowest BCUT2D eigenvalue weighted by Gasteiger charge is -2.35. The Labute approximate surface area is 152 Å². The molecule has 2 aromatic rings. The number of ether oxygens (including phenoxy) is 1. The number of piperazine rings is 1. The molecule has 0 N–H and O–H groups in total. The number of benzene rings is 1. The zero-order chi connectivity index (χ0) is 18.4. The highest BCUT2D eigenvalue weighted by molar-refractivity contribution is 5.81. The lowest BCUT2D eigenvalue weighted by Crippen LogP contribution is -2.49. The lowest BCUT2D eigenvalue weighted by molar-refractivity contribution is -0.143. The Morgan fingerprint density at radius 1 is 1.04 bits per heavy atom. The number of rotatable bonds is 5. The molecule has 1 fully saturated rings. The summed E-state index contributed by atoms with van der Waals surface area (Å²) in [6, 6.07) is 12.0. The summed E-state index contributed by atoms with van der Waals surface area (Å²) < 4.78 is 4.58. The minimum atomic E-state index is -0.355. The molecular formula is C19H22N4O3. The average Bonchev–Trinajstić information content (AvgIpc) is 2.72. The molecule has 0 radical (unpaired) electrons. The van der Waals surface area contributed by atoms with E-state index in [0.717, 1.165) is 17.1 Å². The van der Waals surface area contributed by atoms with E-state index in [1.807, 2.05) is 36.4 Å². The van der Waals surface area contributed by atoms with Gasteiger partial charge in [-0.05, 0) is 0 Å². The summed E-state index contributed by atoms with van der Waals surface area (Å²) in [6.07, 6.45) is 1.89. The molecule has 0 spiro atoms. The summed E-state index contributed by atoms with van der Waals surface area (Å²) in [5.74, 6) is 0.495. The van der Waals surface area contributed by atoms with Crippen LogP contribution in [0.5, 0.6) is 0 Å². The summed E-state index contributed by atoms with van der Waals surface area (Å²) in [6.45, 7) is 2.64. The maximum absolute atomic E-state index is 12.2. The van der Waals surface area contributed by atoms with Gasteiger partial charge in [0.05, 0.1) is 19.2 Å². The van der Waals surface area contributed by atoms with Crippen LogP contribution in [0.1, 0.15) is 12.8 Å². The van der Waals surface area contributed by atoms with Gasteiger partial charge in [0.2, 0.25) is 5.91 Å². The maximum Gasteiger partial charge on any atom is 0.306 e.